The zero-order chi connectivity index (χ0) is 14.8. The Balaban J connectivity index is 2.04. The summed E-state index contributed by atoms with van der Waals surface area (Å²) in [5, 5.41) is 0.337. The lowest BCUT2D eigenvalue weighted by atomic mass is 10.1. The molecule has 0 aliphatic rings. The molecule has 0 aliphatic carbocycles. The third-order valence-corrected chi connectivity index (χ3v) is 3.61. The summed E-state index contributed by atoms with van der Waals surface area (Å²) in [6.07, 6.45) is 3.40. The number of rotatable bonds is 3. The molecule has 0 amide bonds. The summed E-state index contributed by atoms with van der Waals surface area (Å²) in [6, 6.07) is 12.2. The average Bonchev–Trinajstić information content (AvgIpc) is 2.89. The van der Waals surface area contributed by atoms with Crippen LogP contribution in [-0.2, 0) is 6.54 Å². The first kappa shape index (κ1) is 13.6. The number of para-hydroxylation sites is 1. The van der Waals surface area contributed by atoms with Crippen molar-refractivity contribution < 1.29 is 4.39 Å². The molecule has 0 saturated heterocycles. The van der Waals surface area contributed by atoms with Gasteiger partial charge in [-0.3, -0.25) is 0 Å². The monoisotopic (exact) mass is 301 g/mol. The Kier molecular flexibility index (Phi) is 3.62. The molecule has 0 unspecified atom stereocenters. The Morgan fingerprint density at radius 3 is 2.71 bits per heavy atom. The number of halogens is 2. The van der Waals surface area contributed by atoms with Crippen molar-refractivity contribution in [2.75, 3.05) is 5.73 Å². The minimum atomic E-state index is -0.393. The number of anilines is 1. The van der Waals surface area contributed by atoms with Gasteiger partial charge in [0, 0.05) is 18.1 Å². The van der Waals surface area contributed by atoms with E-state index in [4.69, 9.17) is 17.3 Å². The van der Waals surface area contributed by atoms with Crippen LogP contribution in [-0.4, -0.2) is 9.55 Å². The Morgan fingerprint density at radius 1 is 1.14 bits per heavy atom. The van der Waals surface area contributed by atoms with Gasteiger partial charge in [0.1, 0.15) is 11.6 Å². The fourth-order valence-electron chi connectivity index (χ4n) is 2.24. The first-order chi connectivity index (χ1) is 10.2. The standard InChI is InChI=1S/C16H13ClFN3/c17-12-5-3-6-13(18)15(12)16-20-8-9-21(16)10-11-4-1-2-7-14(11)19/h1-9H,10,19H2. The van der Waals surface area contributed by atoms with Gasteiger partial charge >= 0.3 is 0 Å². The first-order valence-corrected chi connectivity index (χ1v) is 6.83. The van der Waals surface area contributed by atoms with Crippen LogP contribution in [0.1, 0.15) is 5.56 Å². The molecule has 106 valence electrons. The molecule has 0 saturated carbocycles. The molecule has 0 spiro atoms. The largest absolute Gasteiger partial charge is 0.398 e. The van der Waals surface area contributed by atoms with E-state index in [1.807, 2.05) is 28.8 Å². The average molecular weight is 302 g/mol. The van der Waals surface area contributed by atoms with Crippen LogP contribution in [0.4, 0.5) is 10.1 Å². The van der Waals surface area contributed by atoms with Crippen LogP contribution in [0.25, 0.3) is 11.4 Å². The maximum Gasteiger partial charge on any atom is 0.144 e. The second-order valence-electron chi connectivity index (χ2n) is 4.67. The van der Waals surface area contributed by atoms with E-state index in [1.165, 1.54) is 6.07 Å². The maximum atomic E-state index is 14.0. The number of nitrogens with two attached hydrogens (primary N) is 1. The van der Waals surface area contributed by atoms with Gasteiger partial charge in [-0.25, -0.2) is 9.37 Å². The van der Waals surface area contributed by atoms with Crippen molar-refractivity contribution in [3.8, 4) is 11.4 Å². The van der Waals surface area contributed by atoms with Crippen molar-refractivity contribution in [1.29, 1.82) is 0 Å². The molecule has 3 rings (SSSR count). The smallest absolute Gasteiger partial charge is 0.144 e. The summed E-state index contributed by atoms with van der Waals surface area (Å²) in [7, 11) is 0. The van der Waals surface area contributed by atoms with Gasteiger partial charge in [-0.2, -0.15) is 0 Å². The zero-order valence-electron chi connectivity index (χ0n) is 11.1. The lowest BCUT2D eigenvalue weighted by Crippen LogP contribution is -2.05. The van der Waals surface area contributed by atoms with E-state index in [9.17, 15) is 4.39 Å². The molecule has 21 heavy (non-hydrogen) atoms. The van der Waals surface area contributed by atoms with Crippen LogP contribution in [0, 0.1) is 5.82 Å². The van der Waals surface area contributed by atoms with Gasteiger partial charge in [-0.1, -0.05) is 35.9 Å². The molecule has 2 N–H and O–H groups in total. The Hall–Kier alpha value is -2.33. The molecule has 1 aromatic heterocycles. The van der Waals surface area contributed by atoms with E-state index in [2.05, 4.69) is 4.98 Å². The highest BCUT2D eigenvalue weighted by Crippen LogP contribution is 2.30. The van der Waals surface area contributed by atoms with E-state index in [-0.39, 0.29) is 0 Å². The molecule has 3 nitrogen and oxygen atoms in total. The second kappa shape index (κ2) is 5.58. The number of aromatic nitrogens is 2. The molecule has 0 aliphatic heterocycles. The van der Waals surface area contributed by atoms with E-state index >= 15 is 0 Å². The SMILES string of the molecule is Nc1ccccc1Cn1ccnc1-c1c(F)cccc1Cl. The van der Waals surface area contributed by atoms with Crippen LogP contribution in [0.5, 0.6) is 0 Å². The molecule has 1 heterocycles. The first-order valence-electron chi connectivity index (χ1n) is 6.45. The molecule has 0 fully saturated rings. The van der Waals surface area contributed by atoms with Crippen molar-refractivity contribution in [2.24, 2.45) is 0 Å². The summed E-state index contributed by atoms with van der Waals surface area (Å²) in [6.45, 7) is 0.507. The highest BCUT2D eigenvalue weighted by atomic mass is 35.5. The number of benzene rings is 2. The Bertz CT molecular complexity index is 762. The van der Waals surface area contributed by atoms with Gasteiger partial charge in [-0.05, 0) is 23.8 Å². The summed E-state index contributed by atoms with van der Waals surface area (Å²) < 4.78 is 15.9. The predicted molar refractivity (Wildman–Crippen MR) is 82.6 cm³/mol. The van der Waals surface area contributed by atoms with E-state index in [0.29, 0.717) is 28.6 Å². The van der Waals surface area contributed by atoms with Crippen LogP contribution in [0.3, 0.4) is 0 Å². The normalized spacial score (nSPS) is 10.8. The fraction of sp³-hybridized carbons (Fsp3) is 0.0625. The molecule has 2 aromatic carbocycles. The van der Waals surface area contributed by atoms with E-state index in [1.54, 1.807) is 24.5 Å². The van der Waals surface area contributed by atoms with Crippen molar-refractivity contribution in [1.82, 2.24) is 9.55 Å². The van der Waals surface area contributed by atoms with Gasteiger partial charge in [0.2, 0.25) is 0 Å². The van der Waals surface area contributed by atoms with Crippen molar-refractivity contribution in [2.45, 2.75) is 6.54 Å². The topological polar surface area (TPSA) is 43.8 Å². The fourth-order valence-corrected chi connectivity index (χ4v) is 2.49. The summed E-state index contributed by atoms with van der Waals surface area (Å²) in [5.41, 5.74) is 7.90. The highest BCUT2D eigenvalue weighted by Gasteiger charge is 2.15. The van der Waals surface area contributed by atoms with E-state index in [0.717, 1.165) is 5.56 Å². The maximum absolute atomic E-state index is 14.0. The molecule has 5 heteroatoms. The van der Waals surface area contributed by atoms with Crippen LogP contribution >= 0.6 is 11.6 Å². The van der Waals surface area contributed by atoms with Crippen LogP contribution in [0.2, 0.25) is 5.02 Å². The molecule has 3 aromatic rings. The van der Waals surface area contributed by atoms with Gasteiger partial charge in [0.05, 0.1) is 17.1 Å². The third-order valence-electron chi connectivity index (χ3n) is 3.30. The van der Waals surface area contributed by atoms with Gasteiger partial charge in [-0.15, -0.1) is 0 Å². The summed E-state index contributed by atoms with van der Waals surface area (Å²) in [5.74, 6) is 0.0948. The number of nitrogens with zero attached hydrogens (tertiary/aromatic N) is 2. The summed E-state index contributed by atoms with van der Waals surface area (Å²) >= 11 is 6.11. The second-order valence-corrected chi connectivity index (χ2v) is 5.08. The Morgan fingerprint density at radius 2 is 1.95 bits per heavy atom. The van der Waals surface area contributed by atoms with Crippen LogP contribution < -0.4 is 5.73 Å². The number of imidazole rings is 1. The number of hydrogen-bond donors (Lipinski definition) is 1. The zero-order valence-corrected chi connectivity index (χ0v) is 11.9. The van der Waals surface area contributed by atoms with E-state index < -0.39 is 5.82 Å². The van der Waals surface area contributed by atoms with Crippen molar-refractivity contribution in [3.05, 3.63) is 71.3 Å². The molecule has 0 bridgehead atoms. The van der Waals surface area contributed by atoms with Crippen molar-refractivity contribution >= 4 is 17.3 Å². The third kappa shape index (κ3) is 2.62. The van der Waals surface area contributed by atoms with Gasteiger partial charge < -0.3 is 10.3 Å². The lowest BCUT2D eigenvalue weighted by molar-refractivity contribution is 0.628. The van der Waals surface area contributed by atoms with Crippen molar-refractivity contribution in [3.63, 3.8) is 0 Å². The van der Waals surface area contributed by atoms with Gasteiger partial charge in [0.25, 0.3) is 0 Å². The molecule has 0 atom stereocenters. The van der Waals surface area contributed by atoms with Gasteiger partial charge in [0.15, 0.2) is 0 Å². The highest BCUT2D eigenvalue weighted by molar-refractivity contribution is 6.33. The lowest BCUT2D eigenvalue weighted by Gasteiger charge is -2.11. The van der Waals surface area contributed by atoms with Crippen LogP contribution in [0.15, 0.2) is 54.9 Å². The Labute approximate surface area is 126 Å². The number of hydrogen-bond acceptors (Lipinski definition) is 2. The predicted octanol–water partition coefficient (Wildman–Crippen LogP) is 3.97. The number of nitrogen functional groups attached to an aromatic ring is 1. The quantitative estimate of drug-likeness (QED) is 0.744. The summed E-state index contributed by atoms with van der Waals surface area (Å²) in [4.78, 5) is 4.23. The molecule has 0 radical (unpaired) electrons. The minimum Gasteiger partial charge on any atom is -0.398 e. The molecular weight excluding hydrogens is 289 g/mol. The molecular formula is C16H13ClFN3. The minimum absolute atomic E-state index is 0.304.